The largest absolute Gasteiger partial charge is 0.388 e. The highest BCUT2D eigenvalue weighted by Gasteiger charge is 2.06. The highest BCUT2D eigenvalue weighted by molar-refractivity contribution is 5.79. The Balaban J connectivity index is 2.09. The van der Waals surface area contributed by atoms with E-state index in [0.717, 1.165) is 35.6 Å². The highest BCUT2D eigenvalue weighted by Crippen LogP contribution is 2.17. The second kappa shape index (κ2) is 5.87. The lowest BCUT2D eigenvalue weighted by molar-refractivity contribution is 0.314. The number of hydrogen-bond donors (Lipinski definition) is 2. The van der Waals surface area contributed by atoms with Gasteiger partial charge < -0.3 is 10.3 Å². The van der Waals surface area contributed by atoms with Crippen molar-refractivity contribution in [1.29, 1.82) is 0 Å². The van der Waals surface area contributed by atoms with Crippen molar-refractivity contribution in [3.8, 4) is 0 Å². The van der Waals surface area contributed by atoms with Crippen LogP contribution in [0.25, 0.3) is 11.0 Å². The maximum atomic E-state index is 4.61. The molecule has 0 spiro atoms. The van der Waals surface area contributed by atoms with E-state index in [1.165, 1.54) is 12.8 Å². The van der Waals surface area contributed by atoms with Crippen molar-refractivity contribution in [1.82, 2.24) is 14.9 Å². The number of H-pyrrole nitrogens is 1. The molecule has 4 heteroatoms. The van der Waals surface area contributed by atoms with Crippen molar-refractivity contribution >= 4 is 16.7 Å². The summed E-state index contributed by atoms with van der Waals surface area (Å²) in [6, 6.07) is 6.19. The highest BCUT2D eigenvalue weighted by atomic mass is 15.1. The molecule has 0 bridgehead atoms. The van der Waals surface area contributed by atoms with Crippen molar-refractivity contribution in [2.75, 3.05) is 26.0 Å². The third-order valence-electron chi connectivity index (χ3n) is 3.13. The van der Waals surface area contributed by atoms with Gasteiger partial charge in [0.2, 0.25) is 0 Å². The topological polar surface area (TPSA) is 44.0 Å². The zero-order valence-corrected chi connectivity index (χ0v) is 11.5. The Hall–Kier alpha value is -1.55. The molecular weight excluding hydrogens is 224 g/mol. The van der Waals surface area contributed by atoms with Gasteiger partial charge in [0.25, 0.3) is 0 Å². The van der Waals surface area contributed by atoms with Crippen LogP contribution in [0.3, 0.4) is 0 Å². The molecule has 0 fully saturated rings. The van der Waals surface area contributed by atoms with E-state index in [-0.39, 0.29) is 0 Å². The van der Waals surface area contributed by atoms with E-state index >= 15 is 0 Å². The third-order valence-corrected chi connectivity index (χ3v) is 3.13. The Labute approximate surface area is 108 Å². The smallest absolute Gasteiger partial charge is 0.121 e. The second-order valence-corrected chi connectivity index (χ2v) is 4.76. The molecule has 0 radical (unpaired) electrons. The lowest BCUT2D eigenvalue weighted by atomic mass is 10.3. The van der Waals surface area contributed by atoms with E-state index in [1.54, 1.807) is 0 Å². The summed E-state index contributed by atoms with van der Waals surface area (Å²) in [4.78, 5) is 10.3. The third kappa shape index (κ3) is 3.01. The van der Waals surface area contributed by atoms with Crippen molar-refractivity contribution in [2.24, 2.45) is 0 Å². The number of aromatic amines is 1. The SMILES string of the molecule is CCCCN(C)Cc1nc2ccc(NC)cc2[nH]1. The molecular formula is C14H22N4. The fourth-order valence-corrected chi connectivity index (χ4v) is 2.06. The number of unbranched alkanes of at least 4 members (excludes halogenated alkanes) is 1. The minimum Gasteiger partial charge on any atom is -0.388 e. The quantitative estimate of drug-likeness (QED) is 0.823. The summed E-state index contributed by atoms with van der Waals surface area (Å²) < 4.78 is 0. The van der Waals surface area contributed by atoms with E-state index in [9.17, 15) is 0 Å². The monoisotopic (exact) mass is 246 g/mol. The number of nitrogens with zero attached hydrogens (tertiary/aromatic N) is 2. The molecule has 2 rings (SSSR count). The zero-order chi connectivity index (χ0) is 13.0. The summed E-state index contributed by atoms with van der Waals surface area (Å²) in [5.74, 6) is 1.04. The van der Waals surface area contributed by atoms with Crippen LogP contribution in [0, 0.1) is 0 Å². The Morgan fingerprint density at radius 1 is 1.39 bits per heavy atom. The van der Waals surface area contributed by atoms with Crippen LogP contribution in [0.1, 0.15) is 25.6 Å². The van der Waals surface area contributed by atoms with Gasteiger partial charge in [-0.1, -0.05) is 13.3 Å². The van der Waals surface area contributed by atoms with Crippen LogP contribution in [0.5, 0.6) is 0 Å². The molecule has 2 aromatic rings. The van der Waals surface area contributed by atoms with Crippen LogP contribution >= 0.6 is 0 Å². The number of imidazole rings is 1. The van der Waals surface area contributed by atoms with E-state index in [1.807, 2.05) is 19.2 Å². The number of aromatic nitrogens is 2. The number of benzene rings is 1. The van der Waals surface area contributed by atoms with Gasteiger partial charge in [-0.25, -0.2) is 4.98 Å². The molecule has 0 aliphatic carbocycles. The minimum atomic E-state index is 0.879. The normalized spacial score (nSPS) is 11.3. The number of nitrogens with one attached hydrogen (secondary N) is 2. The molecule has 0 atom stereocenters. The van der Waals surface area contributed by atoms with Gasteiger partial charge >= 0.3 is 0 Å². The van der Waals surface area contributed by atoms with E-state index in [4.69, 9.17) is 0 Å². The summed E-state index contributed by atoms with van der Waals surface area (Å²) in [7, 11) is 4.07. The van der Waals surface area contributed by atoms with Crippen molar-refractivity contribution in [3.63, 3.8) is 0 Å². The lowest BCUT2D eigenvalue weighted by Gasteiger charge is -2.13. The Morgan fingerprint density at radius 3 is 2.94 bits per heavy atom. The van der Waals surface area contributed by atoms with Crippen LogP contribution in [0.2, 0.25) is 0 Å². The predicted molar refractivity (Wildman–Crippen MR) is 76.9 cm³/mol. The van der Waals surface area contributed by atoms with Gasteiger partial charge in [0.05, 0.1) is 17.6 Å². The molecule has 0 saturated carbocycles. The Bertz CT molecular complexity index is 503. The molecule has 0 unspecified atom stereocenters. The molecule has 98 valence electrons. The summed E-state index contributed by atoms with van der Waals surface area (Å²) in [5.41, 5.74) is 3.24. The number of fused-ring (bicyclic) bond motifs is 1. The van der Waals surface area contributed by atoms with E-state index in [0.29, 0.717) is 0 Å². The first-order valence-corrected chi connectivity index (χ1v) is 6.58. The number of anilines is 1. The molecule has 1 heterocycles. The zero-order valence-electron chi connectivity index (χ0n) is 11.5. The van der Waals surface area contributed by atoms with Gasteiger partial charge in [0.15, 0.2) is 0 Å². The Morgan fingerprint density at radius 2 is 2.22 bits per heavy atom. The maximum Gasteiger partial charge on any atom is 0.121 e. The van der Waals surface area contributed by atoms with Gasteiger partial charge in [-0.2, -0.15) is 0 Å². The molecule has 0 aliphatic rings. The standard InChI is InChI=1S/C14H22N4/c1-4-5-8-18(3)10-14-16-12-7-6-11(15-2)9-13(12)17-14/h6-7,9,15H,4-5,8,10H2,1-3H3,(H,16,17). The summed E-state index contributed by atoms with van der Waals surface area (Å²) in [6.45, 7) is 4.22. The maximum absolute atomic E-state index is 4.61. The van der Waals surface area contributed by atoms with Crippen molar-refractivity contribution < 1.29 is 0 Å². The lowest BCUT2D eigenvalue weighted by Crippen LogP contribution is -2.19. The molecule has 0 amide bonds. The Kier molecular flexibility index (Phi) is 4.20. The predicted octanol–water partition coefficient (Wildman–Crippen LogP) is 2.84. The first kappa shape index (κ1) is 12.9. The molecule has 0 saturated heterocycles. The van der Waals surface area contributed by atoms with E-state index < -0.39 is 0 Å². The average Bonchev–Trinajstić information content (AvgIpc) is 2.77. The first-order valence-electron chi connectivity index (χ1n) is 6.58. The van der Waals surface area contributed by atoms with Gasteiger partial charge in [-0.3, -0.25) is 4.90 Å². The molecule has 2 N–H and O–H groups in total. The second-order valence-electron chi connectivity index (χ2n) is 4.76. The molecule has 4 nitrogen and oxygen atoms in total. The number of hydrogen-bond acceptors (Lipinski definition) is 3. The van der Waals surface area contributed by atoms with Crippen molar-refractivity contribution in [3.05, 3.63) is 24.0 Å². The van der Waals surface area contributed by atoms with Crippen LogP contribution in [-0.4, -0.2) is 35.5 Å². The van der Waals surface area contributed by atoms with Crippen LogP contribution in [-0.2, 0) is 6.54 Å². The van der Waals surface area contributed by atoms with Crippen molar-refractivity contribution in [2.45, 2.75) is 26.3 Å². The van der Waals surface area contributed by atoms with Crippen LogP contribution < -0.4 is 5.32 Å². The molecule has 0 aliphatic heterocycles. The van der Waals surface area contributed by atoms with Crippen LogP contribution in [0.15, 0.2) is 18.2 Å². The van der Waals surface area contributed by atoms with E-state index in [2.05, 4.69) is 40.2 Å². The van der Waals surface area contributed by atoms with Crippen LogP contribution in [0.4, 0.5) is 5.69 Å². The minimum absolute atomic E-state index is 0.879. The van der Waals surface area contributed by atoms with Gasteiger partial charge in [-0.05, 0) is 38.2 Å². The fourth-order valence-electron chi connectivity index (χ4n) is 2.06. The summed E-state index contributed by atoms with van der Waals surface area (Å²) in [6.07, 6.45) is 2.47. The summed E-state index contributed by atoms with van der Waals surface area (Å²) >= 11 is 0. The van der Waals surface area contributed by atoms with Gasteiger partial charge in [0, 0.05) is 12.7 Å². The fraction of sp³-hybridized carbons (Fsp3) is 0.500. The number of rotatable bonds is 6. The van der Waals surface area contributed by atoms with Gasteiger partial charge in [0.1, 0.15) is 5.82 Å². The molecule has 1 aromatic heterocycles. The van der Waals surface area contributed by atoms with Gasteiger partial charge in [-0.15, -0.1) is 0 Å². The molecule has 1 aromatic carbocycles. The summed E-state index contributed by atoms with van der Waals surface area (Å²) in [5, 5.41) is 3.14. The molecule has 18 heavy (non-hydrogen) atoms. The first-order chi connectivity index (χ1) is 8.72. The average molecular weight is 246 g/mol.